The average molecular weight is 332 g/mol. The van der Waals surface area contributed by atoms with Gasteiger partial charge in [0.25, 0.3) is 0 Å². The highest BCUT2D eigenvalue weighted by Crippen LogP contribution is 2.38. The van der Waals surface area contributed by atoms with Crippen molar-refractivity contribution in [3.8, 4) is 5.75 Å². The van der Waals surface area contributed by atoms with Gasteiger partial charge in [-0.15, -0.1) is 11.3 Å². The van der Waals surface area contributed by atoms with E-state index >= 15 is 0 Å². The number of aliphatic hydroxyl groups is 1. The Labute approximate surface area is 139 Å². The first-order valence-corrected chi connectivity index (χ1v) is 8.52. The molecule has 3 rings (SSSR count). The lowest BCUT2D eigenvalue weighted by Gasteiger charge is -2.38. The van der Waals surface area contributed by atoms with E-state index in [1.807, 2.05) is 23.6 Å². The van der Waals surface area contributed by atoms with Crippen LogP contribution in [0.25, 0.3) is 0 Å². The van der Waals surface area contributed by atoms with E-state index in [4.69, 9.17) is 4.74 Å². The number of nitrogens with one attached hydrogen (secondary N) is 1. The molecule has 1 amide bonds. The van der Waals surface area contributed by atoms with E-state index in [1.165, 1.54) is 0 Å². The highest BCUT2D eigenvalue weighted by Gasteiger charge is 2.36. The summed E-state index contributed by atoms with van der Waals surface area (Å²) in [7, 11) is 1.60. The molecule has 2 heterocycles. The van der Waals surface area contributed by atoms with Crippen LogP contribution in [-0.4, -0.2) is 29.2 Å². The van der Waals surface area contributed by atoms with Crippen molar-refractivity contribution in [2.75, 3.05) is 7.11 Å². The predicted octanol–water partition coefficient (Wildman–Crippen LogP) is 2.32. The molecule has 1 aliphatic carbocycles. The minimum atomic E-state index is -0.268. The van der Waals surface area contributed by atoms with Crippen molar-refractivity contribution in [1.29, 1.82) is 0 Å². The number of pyridine rings is 1. The molecule has 23 heavy (non-hydrogen) atoms. The average Bonchev–Trinajstić information content (AvgIpc) is 3.03. The van der Waals surface area contributed by atoms with Gasteiger partial charge in [-0.3, -0.25) is 9.78 Å². The largest absolute Gasteiger partial charge is 0.495 e. The first kappa shape index (κ1) is 16.0. The number of ether oxygens (including phenoxy) is 1. The fourth-order valence-electron chi connectivity index (χ4n) is 2.89. The van der Waals surface area contributed by atoms with Crippen molar-refractivity contribution in [3.63, 3.8) is 0 Å². The molecule has 122 valence electrons. The molecule has 2 N–H and O–H groups in total. The first-order valence-electron chi connectivity index (χ1n) is 7.64. The van der Waals surface area contributed by atoms with Gasteiger partial charge in [-0.05, 0) is 41.8 Å². The van der Waals surface area contributed by atoms with Crippen LogP contribution in [-0.2, 0) is 11.2 Å². The second kappa shape index (κ2) is 7.10. The number of nitrogens with zero attached hydrogens (tertiary/aromatic N) is 1. The molecule has 0 bridgehead atoms. The van der Waals surface area contributed by atoms with Gasteiger partial charge in [0.2, 0.25) is 5.91 Å². The second-order valence-corrected chi connectivity index (χ2v) is 6.88. The number of rotatable bonds is 6. The SMILES string of the molecule is COc1cncc(C(NC(=O)Cc2cccs2)C2CC(O)C2)c1. The fourth-order valence-corrected chi connectivity index (χ4v) is 3.59. The van der Waals surface area contributed by atoms with Crippen molar-refractivity contribution >= 4 is 17.2 Å². The van der Waals surface area contributed by atoms with Gasteiger partial charge in [0.1, 0.15) is 5.75 Å². The molecule has 0 radical (unpaired) electrons. The number of hydrogen-bond donors (Lipinski definition) is 2. The second-order valence-electron chi connectivity index (χ2n) is 5.84. The molecule has 1 aliphatic rings. The van der Waals surface area contributed by atoms with E-state index in [0.29, 0.717) is 25.0 Å². The molecule has 0 aliphatic heterocycles. The molecule has 1 fully saturated rings. The van der Waals surface area contributed by atoms with Gasteiger partial charge >= 0.3 is 0 Å². The van der Waals surface area contributed by atoms with Crippen molar-refractivity contribution in [2.24, 2.45) is 5.92 Å². The highest BCUT2D eigenvalue weighted by molar-refractivity contribution is 7.10. The van der Waals surface area contributed by atoms with Gasteiger partial charge in [0.05, 0.1) is 31.9 Å². The van der Waals surface area contributed by atoms with Crippen molar-refractivity contribution in [1.82, 2.24) is 10.3 Å². The number of hydrogen-bond acceptors (Lipinski definition) is 5. The maximum atomic E-state index is 12.4. The van der Waals surface area contributed by atoms with E-state index in [1.54, 1.807) is 30.8 Å². The Balaban J connectivity index is 1.74. The fraction of sp³-hybridized carbons (Fsp3) is 0.412. The third-order valence-electron chi connectivity index (χ3n) is 4.18. The van der Waals surface area contributed by atoms with Crippen molar-refractivity contribution < 1.29 is 14.6 Å². The Bertz CT molecular complexity index is 654. The summed E-state index contributed by atoms with van der Waals surface area (Å²) in [5.41, 5.74) is 0.917. The van der Waals surface area contributed by atoms with Crippen molar-refractivity contribution in [3.05, 3.63) is 46.4 Å². The molecule has 1 atom stereocenters. The van der Waals surface area contributed by atoms with Crippen molar-refractivity contribution in [2.45, 2.75) is 31.4 Å². The summed E-state index contributed by atoms with van der Waals surface area (Å²) in [6.07, 6.45) is 4.89. The Hall–Kier alpha value is -1.92. The van der Waals surface area contributed by atoms with Crippen LogP contribution in [0.4, 0.5) is 0 Å². The Kier molecular flexibility index (Phi) is 4.93. The smallest absolute Gasteiger partial charge is 0.225 e. The molecule has 0 spiro atoms. The monoisotopic (exact) mass is 332 g/mol. The minimum Gasteiger partial charge on any atom is -0.495 e. The number of amides is 1. The number of carbonyl (C=O) groups is 1. The van der Waals surface area contributed by atoms with E-state index in [2.05, 4.69) is 10.3 Å². The van der Waals surface area contributed by atoms with Gasteiger partial charge in [0.15, 0.2) is 0 Å². The third-order valence-corrected chi connectivity index (χ3v) is 5.06. The van der Waals surface area contributed by atoms with Crippen LogP contribution in [0.5, 0.6) is 5.75 Å². The summed E-state index contributed by atoms with van der Waals surface area (Å²) >= 11 is 1.58. The van der Waals surface area contributed by atoms with Gasteiger partial charge in [-0.1, -0.05) is 6.07 Å². The number of carbonyl (C=O) groups excluding carboxylic acids is 1. The molecule has 1 saturated carbocycles. The Morgan fingerprint density at radius 3 is 3.00 bits per heavy atom. The lowest BCUT2D eigenvalue weighted by atomic mass is 9.75. The molecule has 2 aromatic heterocycles. The molecular weight excluding hydrogens is 312 g/mol. The molecule has 0 aromatic carbocycles. The lowest BCUT2D eigenvalue weighted by molar-refractivity contribution is -0.122. The van der Waals surface area contributed by atoms with Gasteiger partial charge in [-0.25, -0.2) is 0 Å². The summed E-state index contributed by atoms with van der Waals surface area (Å²) in [5, 5.41) is 14.7. The summed E-state index contributed by atoms with van der Waals surface area (Å²) in [5.74, 6) is 0.882. The zero-order valence-electron chi connectivity index (χ0n) is 12.9. The van der Waals surface area contributed by atoms with Gasteiger partial charge in [-0.2, -0.15) is 0 Å². The molecule has 2 aromatic rings. The standard InChI is InChI=1S/C17H20N2O3S/c1-22-14-7-12(9-18-10-14)17(11-5-13(20)6-11)19-16(21)8-15-3-2-4-23-15/h2-4,7,9-11,13,17,20H,5-6,8H2,1H3,(H,19,21). The highest BCUT2D eigenvalue weighted by atomic mass is 32.1. The van der Waals surface area contributed by atoms with E-state index < -0.39 is 0 Å². The summed E-state index contributed by atoms with van der Waals surface area (Å²) in [6.45, 7) is 0. The maximum Gasteiger partial charge on any atom is 0.225 e. The Morgan fingerprint density at radius 2 is 2.35 bits per heavy atom. The quantitative estimate of drug-likeness (QED) is 0.852. The van der Waals surface area contributed by atoms with Crippen LogP contribution in [0.15, 0.2) is 36.0 Å². The summed E-state index contributed by atoms with van der Waals surface area (Å²) in [6, 6.07) is 5.65. The van der Waals surface area contributed by atoms with Gasteiger partial charge in [0, 0.05) is 11.1 Å². The van der Waals surface area contributed by atoms with Crippen LogP contribution in [0, 0.1) is 5.92 Å². The zero-order valence-corrected chi connectivity index (χ0v) is 13.8. The van der Waals surface area contributed by atoms with Crippen LogP contribution < -0.4 is 10.1 Å². The van der Waals surface area contributed by atoms with E-state index in [9.17, 15) is 9.90 Å². The first-order chi connectivity index (χ1) is 11.2. The van der Waals surface area contributed by atoms with Gasteiger partial charge < -0.3 is 15.2 Å². The normalized spacial score (nSPS) is 21.3. The molecule has 5 nitrogen and oxygen atoms in total. The van der Waals surface area contributed by atoms with Crippen LogP contribution in [0.2, 0.25) is 0 Å². The topological polar surface area (TPSA) is 71.5 Å². The zero-order chi connectivity index (χ0) is 16.2. The minimum absolute atomic E-state index is 0.0124. The summed E-state index contributed by atoms with van der Waals surface area (Å²) in [4.78, 5) is 17.6. The number of aromatic nitrogens is 1. The maximum absolute atomic E-state index is 12.4. The molecule has 1 unspecified atom stereocenters. The van der Waals surface area contributed by atoms with Crippen LogP contribution in [0.1, 0.15) is 29.3 Å². The number of methoxy groups -OCH3 is 1. The molecule has 0 saturated heterocycles. The van der Waals surface area contributed by atoms with E-state index in [-0.39, 0.29) is 24.0 Å². The van der Waals surface area contributed by atoms with Crippen LogP contribution in [0.3, 0.4) is 0 Å². The summed E-state index contributed by atoms with van der Waals surface area (Å²) < 4.78 is 5.22. The number of thiophene rings is 1. The Morgan fingerprint density at radius 1 is 1.52 bits per heavy atom. The van der Waals surface area contributed by atoms with Crippen LogP contribution >= 0.6 is 11.3 Å². The molecule has 6 heteroatoms. The number of aliphatic hydroxyl groups excluding tert-OH is 1. The van der Waals surface area contributed by atoms with E-state index in [0.717, 1.165) is 10.4 Å². The lowest BCUT2D eigenvalue weighted by Crippen LogP contribution is -2.41. The predicted molar refractivity (Wildman–Crippen MR) is 88.4 cm³/mol. The third kappa shape index (κ3) is 3.89. The molecular formula is C17H20N2O3S.